The summed E-state index contributed by atoms with van der Waals surface area (Å²) in [7, 11) is 0. The van der Waals surface area contributed by atoms with Gasteiger partial charge in [0.2, 0.25) is 0 Å². The van der Waals surface area contributed by atoms with Gasteiger partial charge in [0.05, 0.1) is 18.2 Å². The van der Waals surface area contributed by atoms with Crippen molar-refractivity contribution >= 4 is 23.5 Å². The van der Waals surface area contributed by atoms with E-state index in [-0.39, 0.29) is 12.3 Å². The van der Waals surface area contributed by atoms with Gasteiger partial charge in [0, 0.05) is 11.6 Å². The van der Waals surface area contributed by atoms with Gasteiger partial charge < -0.3 is 10.4 Å². The van der Waals surface area contributed by atoms with Crippen LogP contribution in [0.3, 0.4) is 0 Å². The summed E-state index contributed by atoms with van der Waals surface area (Å²) in [5, 5.41) is 16.6. The summed E-state index contributed by atoms with van der Waals surface area (Å²) in [6, 6.07) is 7.78. The monoisotopic (exact) mass is 335 g/mol. The fraction of sp³-hybridized carbons (Fsp3) is 0.312. The van der Waals surface area contributed by atoms with Crippen molar-refractivity contribution in [1.29, 1.82) is 0 Å². The van der Waals surface area contributed by atoms with E-state index in [1.54, 1.807) is 41.9 Å². The first kappa shape index (κ1) is 17.0. The van der Waals surface area contributed by atoms with Crippen LogP contribution in [0.4, 0.5) is 0 Å². The third-order valence-electron chi connectivity index (χ3n) is 3.39. The summed E-state index contributed by atoms with van der Waals surface area (Å²) in [6.07, 6.45) is -0.216. The topological polar surface area (TPSA) is 84.2 Å². The Balaban J connectivity index is 2.24. The van der Waals surface area contributed by atoms with Gasteiger partial charge in [0.1, 0.15) is 5.69 Å². The van der Waals surface area contributed by atoms with Crippen LogP contribution in [0.2, 0.25) is 5.02 Å². The van der Waals surface area contributed by atoms with Crippen molar-refractivity contribution in [3.8, 4) is 0 Å². The summed E-state index contributed by atoms with van der Waals surface area (Å²) < 4.78 is 1.59. The Labute approximate surface area is 139 Å². The molecule has 0 unspecified atom stereocenters. The highest BCUT2D eigenvalue weighted by molar-refractivity contribution is 6.30. The Hall–Kier alpha value is -2.34. The number of nitrogens with zero attached hydrogens (tertiary/aromatic N) is 2. The number of nitrogens with one attached hydrogen (secondary N) is 1. The van der Waals surface area contributed by atoms with E-state index in [2.05, 4.69) is 10.4 Å². The van der Waals surface area contributed by atoms with E-state index in [1.807, 2.05) is 6.92 Å². The van der Waals surface area contributed by atoms with Gasteiger partial charge in [0.15, 0.2) is 0 Å². The minimum Gasteiger partial charge on any atom is -0.481 e. The van der Waals surface area contributed by atoms with Crippen LogP contribution >= 0.6 is 11.6 Å². The maximum absolute atomic E-state index is 12.5. The Morgan fingerprint density at radius 1 is 1.35 bits per heavy atom. The summed E-state index contributed by atoms with van der Waals surface area (Å²) in [6.45, 7) is 4.25. The van der Waals surface area contributed by atoms with Crippen molar-refractivity contribution in [1.82, 2.24) is 15.1 Å². The molecule has 0 saturated carbocycles. The number of carbonyl (C=O) groups excluding carboxylic acids is 1. The van der Waals surface area contributed by atoms with Crippen LogP contribution in [0.1, 0.15) is 41.1 Å². The molecule has 1 heterocycles. The van der Waals surface area contributed by atoms with Gasteiger partial charge in [-0.3, -0.25) is 14.3 Å². The minimum absolute atomic E-state index is 0.216. The molecule has 1 aromatic heterocycles. The number of rotatable bonds is 6. The molecule has 0 aliphatic heterocycles. The lowest BCUT2D eigenvalue weighted by Gasteiger charge is -2.18. The van der Waals surface area contributed by atoms with Crippen molar-refractivity contribution in [2.24, 2.45) is 0 Å². The molecular weight excluding hydrogens is 318 g/mol. The van der Waals surface area contributed by atoms with E-state index in [4.69, 9.17) is 16.7 Å². The summed E-state index contributed by atoms with van der Waals surface area (Å²) in [4.78, 5) is 23.6. The lowest BCUT2D eigenvalue weighted by molar-refractivity contribution is -0.137. The average Bonchev–Trinajstić information content (AvgIpc) is 2.88. The number of benzene rings is 1. The van der Waals surface area contributed by atoms with Gasteiger partial charge in [-0.05, 0) is 37.6 Å². The first-order valence-corrected chi connectivity index (χ1v) is 7.61. The molecule has 6 nitrogen and oxygen atoms in total. The largest absolute Gasteiger partial charge is 0.481 e. The molecule has 0 radical (unpaired) electrons. The first-order chi connectivity index (χ1) is 10.9. The van der Waals surface area contributed by atoms with E-state index in [0.717, 1.165) is 5.69 Å². The highest BCUT2D eigenvalue weighted by Crippen LogP contribution is 2.20. The van der Waals surface area contributed by atoms with Crippen LogP contribution < -0.4 is 5.32 Å². The Kier molecular flexibility index (Phi) is 5.39. The third kappa shape index (κ3) is 4.32. The average molecular weight is 336 g/mol. The molecule has 0 aliphatic carbocycles. The summed E-state index contributed by atoms with van der Waals surface area (Å²) in [5.41, 5.74) is 1.83. The molecule has 0 spiro atoms. The normalized spacial score (nSPS) is 12.0. The van der Waals surface area contributed by atoms with Crippen LogP contribution in [0.25, 0.3) is 0 Å². The molecule has 2 N–H and O–H groups in total. The molecular formula is C16H18ClN3O3. The number of aliphatic carboxylic acids is 1. The SMILES string of the molecule is CCn1nc(C)cc1C(=O)N[C@@H](CC(=O)O)c1ccc(Cl)cc1. The van der Waals surface area contributed by atoms with E-state index in [9.17, 15) is 9.59 Å². The van der Waals surface area contributed by atoms with E-state index < -0.39 is 12.0 Å². The second-order valence-electron chi connectivity index (χ2n) is 5.16. The van der Waals surface area contributed by atoms with Crippen LogP contribution in [0.5, 0.6) is 0 Å². The molecule has 2 aromatic rings. The van der Waals surface area contributed by atoms with Gasteiger partial charge in [-0.15, -0.1) is 0 Å². The van der Waals surface area contributed by atoms with Crippen LogP contribution in [0.15, 0.2) is 30.3 Å². The van der Waals surface area contributed by atoms with Crippen molar-refractivity contribution in [3.05, 3.63) is 52.3 Å². The molecule has 0 fully saturated rings. The number of hydrogen-bond acceptors (Lipinski definition) is 3. The van der Waals surface area contributed by atoms with Crippen LogP contribution in [-0.2, 0) is 11.3 Å². The Morgan fingerprint density at radius 3 is 2.57 bits per heavy atom. The zero-order valence-corrected chi connectivity index (χ0v) is 13.7. The van der Waals surface area contributed by atoms with Crippen molar-refractivity contribution in [2.75, 3.05) is 0 Å². The smallest absolute Gasteiger partial charge is 0.305 e. The Bertz CT molecular complexity index is 710. The van der Waals surface area contributed by atoms with Gasteiger partial charge in [-0.2, -0.15) is 5.10 Å². The predicted octanol–water partition coefficient (Wildman–Crippen LogP) is 2.81. The number of carbonyl (C=O) groups is 2. The highest BCUT2D eigenvalue weighted by Gasteiger charge is 2.21. The van der Waals surface area contributed by atoms with Crippen molar-refractivity contribution in [3.63, 3.8) is 0 Å². The number of aromatic nitrogens is 2. The molecule has 7 heteroatoms. The standard InChI is InChI=1S/C16H18ClN3O3/c1-3-20-14(8-10(2)19-20)16(23)18-13(9-15(21)22)11-4-6-12(17)7-5-11/h4-8,13H,3,9H2,1-2H3,(H,18,23)(H,21,22)/t13-/m0/s1. The molecule has 23 heavy (non-hydrogen) atoms. The lowest BCUT2D eigenvalue weighted by atomic mass is 10.0. The first-order valence-electron chi connectivity index (χ1n) is 7.23. The van der Waals surface area contributed by atoms with Crippen LogP contribution in [-0.4, -0.2) is 26.8 Å². The molecule has 122 valence electrons. The maximum atomic E-state index is 12.5. The maximum Gasteiger partial charge on any atom is 0.305 e. The summed E-state index contributed by atoms with van der Waals surface area (Å²) in [5.74, 6) is -1.35. The quantitative estimate of drug-likeness (QED) is 0.850. The number of carboxylic acid groups (broad SMARTS) is 1. The molecule has 0 aliphatic rings. The molecule has 0 saturated heterocycles. The molecule has 0 bridgehead atoms. The summed E-state index contributed by atoms with van der Waals surface area (Å²) >= 11 is 5.85. The number of aryl methyl sites for hydroxylation is 2. The second kappa shape index (κ2) is 7.28. The second-order valence-corrected chi connectivity index (χ2v) is 5.60. The number of carboxylic acids is 1. The minimum atomic E-state index is -0.995. The predicted molar refractivity (Wildman–Crippen MR) is 86.6 cm³/mol. The third-order valence-corrected chi connectivity index (χ3v) is 3.64. The van der Waals surface area contributed by atoms with Crippen molar-refractivity contribution in [2.45, 2.75) is 32.9 Å². The van der Waals surface area contributed by atoms with Gasteiger partial charge in [-0.25, -0.2) is 0 Å². The van der Waals surface area contributed by atoms with Crippen LogP contribution in [0, 0.1) is 6.92 Å². The van der Waals surface area contributed by atoms with E-state index >= 15 is 0 Å². The zero-order valence-electron chi connectivity index (χ0n) is 12.9. The number of amides is 1. The molecule has 2 rings (SSSR count). The van der Waals surface area contributed by atoms with Crippen molar-refractivity contribution < 1.29 is 14.7 Å². The Morgan fingerprint density at radius 2 is 2.00 bits per heavy atom. The van der Waals surface area contributed by atoms with Gasteiger partial charge >= 0.3 is 5.97 Å². The molecule has 1 amide bonds. The van der Waals surface area contributed by atoms with Gasteiger partial charge in [-0.1, -0.05) is 23.7 Å². The van der Waals surface area contributed by atoms with E-state index in [0.29, 0.717) is 22.8 Å². The fourth-order valence-corrected chi connectivity index (χ4v) is 2.45. The lowest BCUT2D eigenvalue weighted by Crippen LogP contribution is -2.31. The highest BCUT2D eigenvalue weighted by atomic mass is 35.5. The molecule has 1 aromatic carbocycles. The molecule has 1 atom stereocenters. The number of hydrogen-bond donors (Lipinski definition) is 2. The van der Waals surface area contributed by atoms with E-state index in [1.165, 1.54) is 0 Å². The zero-order chi connectivity index (χ0) is 17.0. The number of halogens is 1. The fourth-order valence-electron chi connectivity index (χ4n) is 2.32. The van der Waals surface area contributed by atoms with Gasteiger partial charge in [0.25, 0.3) is 5.91 Å².